The molecule has 3 N–H and O–H groups in total. The smallest absolute Gasteiger partial charge is 0.163 e. The molecule has 3 aliphatic heterocycles. The van der Waals surface area contributed by atoms with Crippen molar-refractivity contribution in [1.82, 2.24) is 0 Å². The van der Waals surface area contributed by atoms with Crippen molar-refractivity contribution >= 4 is 0 Å². The predicted octanol–water partition coefficient (Wildman–Crippen LogP) is -0.133. The van der Waals surface area contributed by atoms with Crippen LogP contribution in [0.4, 0.5) is 0 Å². The van der Waals surface area contributed by atoms with Crippen molar-refractivity contribution in [2.45, 2.75) is 57.6 Å². The first-order chi connectivity index (χ1) is 10.5. The van der Waals surface area contributed by atoms with Gasteiger partial charge in [0.25, 0.3) is 0 Å². The minimum absolute atomic E-state index is 0.0801. The van der Waals surface area contributed by atoms with Gasteiger partial charge in [-0.15, -0.1) is 0 Å². The molecule has 6 atom stereocenters. The van der Waals surface area contributed by atoms with E-state index in [9.17, 15) is 10.2 Å². The minimum Gasteiger partial charge on any atom is -0.394 e. The Kier molecular flexibility index (Phi) is 7.01. The van der Waals surface area contributed by atoms with E-state index in [0.29, 0.717) is 13.2 Å². The van der Waals surface area contributed by atoms with E-state index in [2.05, 4.69) is 0 Å². The van der Waals surface area contributed by atoms with Gasteiger partial charge in [-0.1, -0.05) is 0 Å². The van der Waals surface area contributed by atoms with E-state index in [1.807, 2.05) is 13.8 Å². The van der Waals surface area contributed by atoms with Crippen molar-refractivity contribution in [2.24, 2.45) is 11.8 Å². The van der Waals surface area contributed by atoms with Gasteiger partial charge in [0.2, 0.25) is 0 Å². The van der Waals surface area contributed by atoms with Crippen molar-refractivity contribution in [1.29, 1.82) is 0 Å². The van der Waals surface area contributed by atoms with Crippen molar-refractivity contribution in [3.05, 3.63) is 0 Å². The third kappa shape index (κ3) is 4.61. The lowest BCUT2D eigenvalue weighted by Crippen LogP contribution is -2.34. The Hall–Kier alpha value is -0.280. The lowest BCUT2D eigenvalue weighted by Gasteiger charge is -2.23. The molecule has 130 valence electrons. The molecule has 0 aromatic carbocycles. The molecule has 7 nitrogen and oxygen atoms in total. The largest absolute Gasteiger partial charge is 0.394 e. The summed E-state index contributed by atoms with van der Waals surface area (Å²) in [5, 5.41) is 27.4. The maximum atomic E-state index is 9.43. The summed E-state index contributed by atoms with van der Waals surface area (Å²) < 4.78 is 21.0. The average Bonchev–Trinajstić information content (AvgIpc) is 3.18. The molecule has 0 aromatic rings. The van der Waals surface area contributed by atoms with Crippen LogP contribution in [0.15, 0.2) is 0 Å². The zero-order chi connectivity index (χ0) is 16.1. The van der Waals surface area contributed by atoms with Crippen molar-refractivity contribution in [3.63, 3.8) is 0 Å². The maximum absolute atomic E-state index is 9.43. The fourth-order valence-corrected chi connectivity index (χ4v) is 2.94. The molecule has 7 heteroatoms. The second-order valence-electron chi connectivity index (χ2n) is 6.22. The quantitative estimate of drug-likeness (QED) is 0.663. The molecule has 3 fully saturated rings. The third-order valence-corrected chi connectivity index (χ3v) is 4.18. The van der Waals surface area contributed by atoms with Crippen LogP contribution in [-0.2, 0) is 18.9 Å². The number of fused-ring (bicyclic) bond motifs is 1. The number of rotatable bonds is 4. The zero-order valence-corrected chi connectivity index (χ0v) is 13.3. The van der Waals surface area contributed by atoms with Gasteiger partial charge in [0.15, 0.2) is 12.6 Å². The van der Waals surface area contributed by atoms with E-state index in [1.165, 1.54) is 0 Å². The zero-order valence-electron chi connectivity index (χ0n) is 13.3. The number of aliphatic hydroxyl groups excluding tert-OH is 3. The van der Waals surface area contributed by atoms with Crippen LogP contribution in [0.1, 0.15) is 26.7 Å². The number of aliphatic hydroxyl groups is 3. The van der Waals surface area contributed by atoms with Gasteiger partial charge in [0.05, 0.1) is 44.7 Å². The first-order valence-electron chi connectivity index (χ1n) is 8.00. The van der Waals surface area contributed by atoms with Gasteiger partial charge in [0, 0.05) is 11.8 Å². The van der Waals surface area contributed by atoms with Crippen molar-refractivity contribution < 1.29 is 34.3 Å². The molecular weight excluding hydrogens is 292 g/mol. The van der Waals surface area contributed by atoms with Gasteiger partial charge < -0.3 is 34.3 Å². The fraction of sp³-hybridized carbons (Fsp3) is 1.00. The third-order valence-electron chi connectivity index (χ3n) is 4.18. The van der Waals surface area contributed by atoms with Crippen molar-refractivity contribution in [2.75, 3.05) is 26.4 Å². The van der Waals surface area contributed by atoms with Crippen LogP contribution in [0.5, 0.6) is 0 Å². The summed E-state index contributed by atoms with van der Waals surface area (Å²) in [5.74, 6) is 0.164. The van der Waals surface area contributed by atoms with Crippen LogP contribution in [0, 0.1) is 11.8 Å². The summed E-state index contributed by atoms with van der Waals surface area (Å²) in [5.41, 5.74) is 0. The SMILES string of the molecule is CC(C)OC1OCCC1C(O)CO.OC1COC2OCCC12. The fourth-order valence-electron chi connectivity index (χ4n) is 2.94. The summed E-state index contributed by atoms with van der Waals surface area (Å²) in [4.78, 5) is 0. The van der Waals surface area contributed by atoms with Gasteiger partial charge in [-0.3, -0.25) is 0 Å². The van der Waals surface area contributed by atoms with Crippen LogP contribution in [-0.4, -0.2) is 72.6 Å². The number of ether oxygens (including phenoxy) is 4. The first kappa shape index (κ1) is 18.1. The van der Waals surface area contributed by atoms with E-state index in [-0.39, 0.29) is 43.2 Å². The lowest BCUT2D eigenvalue weighted by molar-refractivity contribution is -0.170. The van der Waals surface area contributed by atoms with E-state index in [1.54, 1.807) is 0 Å². The molecule has 6 unspecified atom stereocenters. The Morgan fingerprint density at radius 2 is 1.86 bits per heavy atom. The molecule has 0 aromatic heterocycles. The maximum Gasteiger partial charge on any atom is 0.163 e. The van der Waals surface area contributed by atoms with Gasteiger partial charge in [-0.25, -0.2) is 0 Å². The standard InChI is InChI=1S/C9H18O4.C6H10O3/c1-6(2)13-9-7(3-4-12-9)8(11)5-10;7-5-3-9-6-4(5)1-2-8-6/h6-11H,3-5H2,1-2H3;4-7H,1-3H2. The van der Waals surface area contributed by atoms with Gasteiger partial charge in [0.1, 0.15) is 0 Å². The monoisotopic (exact) mass is 320 g/mol. The summed E-state index contributed by atoms with van der Waals surface area (Å²) in [6, 6.07) is 0. The van der Waals surface area contributed by atoms with E-state index < -0.39 is 6.10 Å². The molecule has 3 rings (SSSR count). The molecule has 3 aliphatic rings. The summed E-state index contributed by atoms with van der Waals surface area (Å²) in [6.07, 6.45) is 0.313. The summed E-state index contributed by atoms with van der Waals surface area (Å²) in [6.45, 7) is 5.40. The van der Waals surface area contributed by atoms with Gasteiger partial charge >= 0.3 is 0 Å². The molecule has 0 saturated carbocycles. The van der Waals surface area contributed by atoms with Crippen LogP contribution in [0.3, 0.4) is 0 Å². The summed E-state index contributed by atoms with van der Waals surface area (Å²) in [7, 11) is 0. The van der Waals surface area contributed by atoms with Gasteiger partial charge in [-0.2, -0.15) is 0 Å². The Morgan fingerprint density at radius 1 is 1.14 bits per heavy atom. The Balaban J connectivity index is 0.000000170. The van der Waals surface area contributed by atoms with Crippen molar-refractivity contribution in [3.8, 4) is 0 Å². The topological polar surface area (TPSA) is 97.6 Å². The van der Waals surface area contributed by atoms with E-state index in [4.69, 9.17) is 24.1 Å². The molecule has 0 spiro atoms. The predicted molar refractivity (Wildman–Crippen MR) is 77.0 cm³/mol. The highest BCUT2D eigenvalue weighted by Gasteiger charge is 2.40. The highest BCUT2D eigenvalue weighted by molar-refractivity contribution is 4.81. The van der Waals surface area contributed by atoms with E-state index in [0.717, 1.165) is 19.4 Å². The number of hydrogen-bond donors (Lipinski definition) is 3. The lowest BCUT2D eigenvalue weighted by atomic mass is 10.0. The first-order valence-corrected chi connectivity index (χ1v) is 8.00. The average molecular weight is 320 g/mol. The Morgan fingerprint density at radius 3 is 2.50 bits per heavy atom. The molecule has 3 saturated heterocycles. The second kappa shape index (κ2) is 8.54. The summed E-state index contributed by atoms with van der Waals surface area (Å²) >= 11 is 0. The molecule has 0 bridgehead atoms. The Labute approximate surface area is 131 Å². The highest BCUT2D eigenvalue weighted by atomic mass is 16.7. The van der Waals surface area contributed by atoms with Crippen LogP contribution < -0.4 is 0 Å². The minimum atomic E-state index is -0.730. The Bertz CT molecular complexity index is 325. The van der Waals surface area contributed by atoms with Crippen LogP contribution >= 0.6 is 0 Å². The normalized spacial score (nSPS) is 38.7. The van der Waals surface area contributed by atoms with E-state index >= 15 is 0 Å². The van der Waals surface area contributed by atoms with Crippen LogP contribution in [0.25, 0.3) is 0 Å². The molecule has 22 heavy (non-hydrogen) atoms. The second-order valence-corrected chi connectivity index (χ2v) is 6.22. The van der Waals surface area contributed by atoms with Gasteiger partial charge in [-0.05, 0) is 26.7 Å². The highest BCUT2D eigenvalue weighted by Crippen LogP contribution is 2.30. The number of hydrogen-bond acceptors (Lipinski definition) is 7. The molecule has 0 aliphatic carbocycles. The molecule has 3 heterocycles. The molecule has 0 radical (unpaired) electrons. The molecular formula is C15H28O7. The van der Waals surface area contributed by atoms with Crippen LogP contribution in [0.2, 0.25) is 0 Å². The molecule has 0 amide bonds.